The topological polar surface area (TPSA) is 57.9 Å². The molecule has 0 amide bonds. The third-order valence-electron chi connectivity index (χ3n) is 4.08. The first-order valence-electron chi connectivity index (χ1n) is 7.05. The van der Waals surface area contributed by atoms with Gasteiger partial charge in [0, 0.05) is 5.75 Å². The fraction of sp³-hybridized carbons (Fsp3) is 0.533. The number of esters is 1. The van der Waals surface area contributed by atoms with E-state index < -0.39 is 24.3 Å². The minimum atomic E-state index is -0.511. The SMILES string of the molecule is COC(=O)c1ccc(C=C(CS)B2OC(C)(C)C(C)(C)O2)o1. The maximum atomic E-state index is 11.4. The molecular weight excluding hydrogens is 303 g/mol. The monoisotopic (exact) mass is 324 g/mol. The van der Waals surface area contributed by atoms with Crippen molar-refractivity contribution in [3.63, 3.8) is 0 Å². The Hall–Kier alpha value is -1.18. The first kappa shape index (κ1) is 17.2. The Bertz CT molecular complexity index is 575. The van der Waals surface area contributed by atoms with E-state index in [-0.39, 0.29) is 5.76 Å². The van der Waals surface area contributed by atoms with Crippen LogP contribution in [-0.2, 0) is 14.0 Å². The average Bonchev–Trinajstić information content (AvgIpc) is 2.98. The Balaban J connectivity index is 2.22. The van der Waals surface area contributed by atoms with Gasteiger partial charge in [-0.2, -0.15) is 12.6 Å². The van der Waals surface area contributed by atoms with Crippen molar-refractivity contribution in [3.05, 3.63) is 29.1 Å². The van der Waals surface area contributed by atoms with Crippen molar-refractivity contribution in [1.29, 1.82) is 0 Å². The van der Waals surface area contributed by atoms with E-state index in [2.05, 4.69) is 17.4 Å². The number of thiol groups is 1. The van der Waals surface area contributed by atoms with Gasteiger partial charge in [0.05, 0.1) is 18.3 Å². The summed E-state index contributed by atoms with van der Waals surface area (Å²) < 4.78 is 22.0. The second-order valence-corrected chi connectivity index (χ2v) is 6.48. The van der Waals surface area contributed by atoms with E-state index in [1.165, 1.54) is 7.11 Å². The van der Waals surface area contributed by atoms with Crippen molar-refractivity contribution in [2.75, 3.05) is 12.9 Å². The van der Waals surface area contributed by atoms with Gasteiger partial charge in [0.1, 0.15) is 5.76 Å². The van der Waals surface area contributed by atoms with Crippen LogP contribution >= 0.6 is 12.6 Å². The Morgan fingerprint density at radius 1 is 1.27 bits per heavy atom. The molecule has 5 nitrogen and oxygen atoms in total. The molecule has 0 atom stereocenters. The Morgan fingerprint density at radius 3 is 2.36 bits per heavy atom. The number of carbonyl (C=O) groups is 1. The van der Waals surface area contributed by atoms with Gasteiger partial charge in [0.2, 0.25) is 5.76 Å². The molecule has 1 aromatic rings. The van der Waals surface area contributed by atoms with Gasteiger partial charge in [0.15, 0.2) is 0 Å². The van der Waals surface area contributed by atoms with Crippen molar-refractivity contribution in [2.24, 2.45) is 0 Å². The zero-order chi connectivity index (χ0) is 16.5. The molecule has 0 N–H and O–H groups in total. The molecule has 22 heavy (non-hydrogen) atoms. The van der Waals surface area contributed by atoms with E-state index in [1.54, 1.807) is 18.2 Å². The first-order chi connectivity index (χ1) is 10.2. The smallest absolute Gasteiger partial charge is 0.463 e. The number of methoxy groups -OCH3 is 1. The van der Waals surface area contributed by atoms with Crippen LogP contribution in [0.25, 0.3) is 6.08 Å². The number of hydrogen-bond acceptors (Lipinski definition) is 6. The lowest BCUT2D eigenvalue weighted by atomic mass is 9.79. The molecular formula is C15H21BO5S. The van der Waals surface area contributed by atoms with Crippen molar-refractivity contribution >= 4 is 31.8 Å². The van der Waals surface area contributed by atoms with Crippen LogP contribution < -0.4 is 0 Å². The van der Waals surface area contributed by atoms with Crippen LogP contribution in [-0.4, -0.2) is 37.2 Å². The summed E-state index contributed by atoms with van der Waals surface area (Å²) in [6.07, 6.45) is 1.78. The van der Waals surface area contributed by atoms with Gasteiger partial charge in [0.25, 0.3) is 0 Å². The lowest BCUT2D eigenvalue weighted by Crippen LogP contribution is -2.41. The third kappa shape index (κ3) is 3.26. The van der Waals surface area contributed by atoms with Crippen molar-refractivity contribution in [2.45, 2.75) is 38.9 Å². The summed E-state index contributed by atoms with van der Waals surface area (Å²) in [6, 6.07) is 3.26. The van der Waals surface area contributed by atoms with Crippen LogP contribution in [0.1, 0.15) is 44.0 Å². The molecule has 1 aliphatic heterocycles. The van der Waals surface area contributed by atoms with E-state index in [0.29, 0.717) is 11.5 Å². The molecule has 1 aromatic heterocycles. The largest absolute Gasteiger partial charge is 0.491 e. The quantitative estimate of drug-likeness (QED) is 0.524. The molecule has 1 fully saturated rings. The normalized spacial score (nSPS) is 20.3. The molecule has 0 bridgehead atoms. The maximum absolute atomic E-state index is 11.4. The van der Waals surface area contributed by atoms with E-state index in [0.717, 1.165) is 5.47 Å². The van der Waals surface area contributed by atoms with E-state index in [4.69, 9.17) is 13.7 Å². The molecule has 1 saturated heterocycles. The second kappa shape index (κ2) is 6.14. The number of ether oxygens (including phenoxy) is 1. The van der Waals surface area contributed by atoms with Crippen LogP contribution in [0.2, 0.25) is 0 Å². The van der Waals surface area contributed by atoms with Gasteiger partial charge in [-0.15, -0.1) is 0 Å². The fourth-order valence-electron chi connectivity index (χ4n) is 2.01. The predicted octanol–water partition coefficient (Wildman–Crippen LogP) is 3.01. The van der Waals surface area contributed by atoms with Gasteiger partial charge >= 0.3 is 13.1 Å². The zero-order valence-electron chi connectivity index (χ0n) is 13.5. The highest BCUT2D eigenvalue weighted by Crippen LogP contribution is 2.39. The number of rotatable bonds is 4. The summed E-state index contributed by atoms with van der Waals surface area (Å²) in [6.45, 7) is 7.97. The molecule has 0 aromatic carbocycles. The predicted molar refractivity (Wildman–Crippen MR) is 88.0 cm³/mol. The molecule has 2 rings (SSSR count). The number of furan rings is 1. The van der Waals surface area contributed by atoms with E-state index in [1.807, 2.05) is 27.7 Å². The van der Waals surface area contributed by atoms with E-state index >= 15 is 0 Å². The molecule has 0 aliphatic carbocycles. The highest BCUT2D eigenvalue weighted by molar-refractivity contribution is 7.80. The van der Waals surface area contributed by atoms with Gasteiger partial charge < -0.3 is 18.5 Å². The van der Waals surface area contributed by atoms with Crippen LogP contribution in [0, 0.1) is 0 Å². The molecule has 1 aliphatic rings. The third-order valence-corrected chi connectivity index (χ3v) is 4.44. The summed E-state index contributed by atoms with van der Waals surface area (Å²) >= 11 is 4.34. The number of hydrogen-bond donors (Lipinski definition) is 1. The Kier molecular flexibility index (Phi) is 4.80. The molecule has 120 valence electrons. The van der Waals surface area contributed by atoms with Gasteiger partial charge in [-0.1, -0.05) is 0 Å². The lowest BCUT2D eigenvalue weighted by Gasteiger charge is -2.32. The highest BCUT2D eigenvalue weighted by Gasteiger charge is 2.52. The van der Waals surface area contributed by atoms with Gasteiger partial charge in [-0.25, -0.2) is 4.79 Å². The second-order valence-electron chi connectivity index (χ2n) is 6.16. The maximum Gasteiger partial charge on any atom is 0.491 e. The molecule has 2 heterocycles. The van der Waals surface area contributed by atoms with E-state index in [9.17, 15) is 4.79 Å². The molecule has 0 unspecified atom stereocenters. The van der Waals surface area contributed by atoms with Gasteiger partial charge in [-0.3, -0.25) is 0 Å². The lowest BCUT2D eigenvalue weighted by molar-refractivity contribution is 0.00578. The summed E-state index contributed by atoms with van der Waals surface area (Å²) in [5, 5.41) is 0. The fourth-order valence-corrected chi connectivity index (χ4v) is 2.25. The van der Waals surface area contributed by atoms with Crippen molar-refractivity contribution in [1.82, 2.24) is 0 Å². The zero-order valence-corrected chi connectivity index (χ0v) is 14.4. The van der Waals surface area contributed by atoms with Crippen LogP contribution in [0.4, 0.5) is 0 Å². The van der Waals surface area contributed by atoms with Gasteiger partial charge in [-0.05, 0) is 51.4 Å². The Morgan fingerprint density at radius 2 is 1.86 bits per heavy atom. The summed E-state index contributed by atoms with van der Waals surface area (Å²) in [7, 11) is 0.818. The first-order valence-corrected chi connectivity index (χ1v) is 7.68. The van der Waals surface area contributed by atoms with Crippen LogP contribution in [0.3, 0.4) is 0 Å². The average molecular weight is 324 g/mol. The summed E-state index contributed by atoms with van der Waals surface area (Å²) in [5.74, 6) is 0.619. The minimum Gasteiger partial charge on any atom is -0.463 e. The minimum absolute atomic E-state index is 0.154. The van der Waals surface area contributed by atoms with Crippen LogP contribution in [0.5, 0.6) is 0 Å². The molecule has 0 radical (unpaired) electrons. The summed E-state index contributed by atoms with van der Waals surface area (Å²) in [5.41, 5.74) is -0.00662. The highest BCUT2D eigenvalue weighted by atomic mass is 32.1. The number of carbonyl (C=O) groups excluding carboxylic acids is 1. The van der Waals surface area contributed by atoms with Crippen LogP contribution in [0.15, 0.2) is 22.0 Å². The summed E-state index contributed by atoms with van der Waals surface area (Å²) in [4.78, 5) is 11.4. The molecule has 7 heteroatoms. The van der Waals surface area contributed by atoms with Crippen molar-refractivity contribution < 1.29 is 23.3 Å². The Labute approximate surface area is 136 Å². The van der Waals surface area contributed by atoms with Crippen molar-refractivity contribution in [3.8, 4) is 0 Å². The molecule has 0 saturated carbocycles. The molecule has 0 spiro atoms. The standard InChI is InChI=1S/C15H21BO5S/c1-14(2)15(3,4)21-16(20-14)10(9-22)8-11-6-7-12(19-11)13(17)18-5/h6-8,22H,9H2,1-5H3.